The van der Waals surface area contributed by atoms with Gasteiger partial charge in [-0.1, -0.05) is 46.3 Å². The summed E-state index contributed by atoms with van der Waals surface area (Å²) in [6.45, 7) is 4.30. The molecule has 0 radical (unpaired) electrons. The number of aromatic nitrogens is 1. The summed E-state index contributed by atoms with van der Waals surface area (Å²) in [6.07, 6.45) is 1.60. The molecule has 0 aliphatic rings. The number of hydrogen-bond acceptors (Lipinski definition) is 3. The van der Waals surface area contributed by atoms with E-state index in [9.17, 15) is 4.79 Å². The molecule has 4 rings (SSSR count). The number of aryl methyl sites for hydroxylation is 1. The minimum absolute atomic E-state index is 0.143. The van der Waals surface area contributed by atoms with Gasteiger partial charge in [0.1, 0.15) is 5.76 Å². The van der Waals surface area contributed by atoms with Crippen molar-refractivity contribution in [3.8, 4) is 11.3 Å². The van der Waals surface area contributed by atoms with Crippen LogP contribution < -0.4 is 5.32 Å². The van der Waals surface area contributed by atoms with Crippen LogP contribution in [-0.2, 0) is 6.54 Å². The number of nitrogens with zero attached hydrogens (tertiary/aromatic N) is 1. The summed E-state index contributed by atoms with van der Waals surface area (Å²) < 4.78 is 6.26. The Kier molecular flexibility index (Phi) is 5.01. The van der Waals surface area contributed by atoms with E-state index in [4.69, 9.17) is 9.40 Å². The molecule has 2 aromatic heterocycles. The van der Waals surface area contributed by atoms with Crippen LogP contribution in [0.2, 0.25) is 0 Å². The van der Waals surface area contributed by atoms with Gasteiger partial charge in [0.15, 0.2) is 0 Å². The molecule has 5 heteroatoms. The van der Waals surface area contributed by atoms with Gasteiger partial charge in [0.25, 0.3) is 5.91 Å². The summed E-state index contributed by atoms with van der Waals surface area (Å²) in [6, 6.07) is 17.6. The average molecular weight is 435 g/mol. The van der Waals surface area contributed by atoms with Crippen LogP contribution in [0, 0.1) is 13.8 Å². The fourth-order valence-electron chi connectivity index (χ4n) is 3.43. The first-order valence-electron chi connectivity index (χ1n) is 9.01. The van der Waals surface area contributed by atoms with E-state index in [1.807, 2.05) is 68.4 Å². The molecule has 2 heterocycles. The topological polar surface area (TPSA) is 55.1 Å². The van der Waals surface area contributed by atoms with Gasteiger partial charge >= 0.3 is 0 Å². The highest BCUT2D eigenvalue weighted by Gasteiger charge is 2.20. The Morgan fingerprint density at radius 3 is 2.61 bits per heavy atom. The van der Waals surface area contributed by atoms with Crippen LogP contribution in [0.1, 0.15) is 27.2 Å². The number of fused-ring (bicyclic) bond motifs is 1. The maximum absolute atomic E-state index is 13.2. The first-order chi connectivity index (χ1) is 13.5. The molecule has 0 saturated heterocycles. The summed E-state index contributed by atoms with van der Waals surface area (Å²) in [7, 11) is 0. The normalized spacial score (nSPS) is 11.0. The average Bonchev–Trinajstić information content (AvgIpc) is 3.20. The van der Waals surface area contributed by atoms with Crippen LogP contribution in [0.25, 0.3) is 22.2 Å². The molecule has 1 N–H and O–H groups in total. The van der Waals surface area contributed by atoms with E-state index >= 15 is 0 Å². The third kappa shape index (κ3) is 3.45. The van der Waals surface area contributed by atoms with Gasteiger partial charge in [-0.3, -0.25) is 4.79 Å². The quantitative estimate of drug-likeness (QED) is 0.441. The molecule has 2 aromatic carbocycles. The number of carbonyl (C=O) groups excluding carboxylic acids is 1. The number of pyridine rings is 1. The van der Waals surface area contributed by atoms with Gasteiger partial charge in [-0.05, 0) is 49.2 Å². The van der Waals surface area contributed by atoms with E-state index < -0.39 is 0 Å². The number of hydrogen-bond donors (Lipinski definition) is 1. The van der Waals surface area contributed by atoms with Crippen molar-refractivity contribution in [3.05, 3.63) is 87.8 Å². The number of furan rings is 1. The van der Waals surface area contributed by atoms with Crippen molar-refractivity contribution in [3.63, 3.8) is 0 Å². The molecule has 0 aliphatic heterocycles. The lowest BCUT2D eigenvalue weighted by Gasteiger charge is -2.16. The van der Waals surface area contributed by atoms with E-state index in [1.165, 1.54) is 0 Å². The molecule has 0 unspecified atom stereocenters. The summed E-state index contributed by atoms with van der Waals surface area (Å²) in [4.78, 5) is 18.1. The standard InChI is InChI=1S/C23H19BrN2O2/c1-14-11-17(24)12-19-20(23(27)25-13-18-9-6-10-28-18)15(2)22(26-21(14)19)16-7-4-3-5-8-16/h3-12H,13H2,1-2H3,(H,25,27). The molecule has 0 spiro atoms. The van der Waals surface area contributed by atoms with Crippen LogP contribution in [-0.4, -0.2) is 10.9 Å². The lowest BCUT2D eigenvalue weighted by molar-refractivity contribution is 0.0949. The third-order valence-electron chi connectivity index (χ3n) is 4.77. The van der Waals surface area contributed by atoms with Crippen molar-refractivity contribution in [1.29, 1.82) is 0 Å². The van der Waals surface area contributed by atoms with Gasteiger partial charge < -0.3 is 9.73 Å². The Balaban J connectivity index is 1.89. The van der Waals surface area contributed by atoms with E-state index in [-0.39, 0.29) is 5.91 Å². The van der Waals surface area contributed by atoms with Crippen LogP contribution >= 0.6 is 15.9 Å². The second-order valence-corrected chi connectivity index (χ2v) is 7.62. The lowest BCUT2D eigenvalue weighted by atomic mass is 9.96. The smallest absolute Gasteiger partial charge is 0.252 e. The van der Waals surface area contributed by atoms with Crippen molar-refractivity contribution >= 4 is 32.7 Å². The predicted molar refractivity (Wildman–Crippen MR) is 114 cm³/mol. The Hall–Kier alpha value is -2.92. The lowest BCUT2D eigenvalue weighted by Crippen LogP contribution is -2.24. The number of amides is 1. The molecule has 0 saturated carbocycles. The molecule has 1 amide bonds. The molecule has 4 aromatic rings. The van der Waals surface area contributed by atoms with Crippen molar-refractivity contribution < 1.29 is 9.21 Å². The highest BCUT2D eigenvalue weighted by Crippen LogP contribution is 2.33. The molecule has 0 bridgehead atoms. The number of carbonyl (C=O) groups is 1. The molecular formula is C23H19BrN2O2. The fourth-order valence-corrected chi connectivity index (χ4v) is 4.00. The minimum Gasteiger partial charge on any atom is -0.467 e. The SMILES string of the molecule is Cc1c(-c2ccccc2)nc2c(C)cc(Br)cc2c1C(=O)NCc1ccco1. The molecule has 0 atom stereocenters. The van der Waals surface area contributed by atoms with Gasteiger partial charge in [0.2, 0.25) is 0 Å². The van der Waals surface area contributed by atoms with Crippen LogP contribution in [0.3, 0.4) is 0 Å². The van der Waals surface area contributed by atoms with Gasteiger partial charge in [-0.15, -0.1) is 0 Å². The van der Waals surface area contributed by atoms with Crippen LogP contribution in [0.5, 0.6) is 0 Å². The number of rotatable bonds is 4. The van der Waals surface area contributed by atoms with E-state index in [1.54, 1.807) is 6.26 Å². The maximum atomic E-state index is 13.2. The number of nitrogens with one attached hydrogen (secondary N) is 1. The first kappa shape index (κ1) is 18.4. The zero-order valence-electron chi connectivity index (χ0n) is 15.6. The van der Waals surface area contributed by atoms with Crippen molar-refractivity contribution in [2.24, 2.45) is 0 Å². The third-order valence-corrected chi connectivity index (χ3v) is 5.22. The van der Waals surface area contributed by atoms with E-state index in [0.29, 0.717) is 17.9 Å². The van der Waals surface area contributed by atoms with Crippen LogP contribution in [0.4, 0.5) is 0 Å². The zero-order valence-corrected chi connectivity index (χ0v) is 17.2. The van der Waals surface area contributed by atoms with Crippen molar-refractivity contribution in [2.45, 2.75) is 20.4 Å². The number of halogens is 1. The number of benzene rings is 2. The second-order valence-electron chi connectivity index (χ2n) is 6.71. The van der Waals surface area contributed by atoms with Gasteiger partial charge in [-0.2, -0.15) is 0 Å². The highest BCUT2D eigenvalue weighted by molar-refractivity contribution is 9.10. The molecule has 0 fully saturated rings. The van der Waals surface area contributed by atoms with Gasteiger partial charge in [0.05, 0.1) is 29.6 Å². The second kappa shape index (κ2) is 7.60. The van der Waals surface area contributed by atoms with Crippen molar-refractivity contribution in [1.82, 2.24) is 10.3 Å². The van der Waals surface area contributed by atoms with Gasteiger partial charge in [0, 0.05) is 15.4 Å². The minimum atomic E-state index is -0.143. The zero-order chi connectivity index (χ0) is 19.7. The highest BCUT2D eigenvalue weighted by atomic mass is 79.9. The molecule has 140 valence electrons. The molecule has 0 aliphatic carbocycles. The van der Waals surface area contributed by atoms with E-state index in [0.717, 1.165) is 37.8 Å². The predicted octanol–water partition coefficient (Wildman–Crippen LogP) is 5.80. The summed E-state index contributed by atoms with van der Waals surface area (Å²) >= 11 is 3.55. The van der Waals surface area contributed by atoms with Crippen LogP contribution in [0.15, 0.2) is 69.8 Å². The Morgan fingerprint density at radius 1 is 1.11 bits per heavy atom. The molecule has 28 heavy (non-hydrogen) atoms. The molecule has 4 nitrogen and oxygen atoms in total. The summed E-state index contributed by atoms with van der Waals surface area (Å²) in [5, 5.41) is 3.81. The Bertz CT molecular complexity index is 1150. The summed E-state index contributed by atoms with van der Waals surface area (Å²) in [5.74, 6) is 0.570. The summed E-state index contributed by atoms with van der Waals surface area (Å²) in [5.41, 5.74) is 5.15. The maximum Gasteiger partial charge on any atom is 0.252 e. The van der Waals surface area contributed by atoms with E-state index in [2.05, 4.69) is 21.2 Å². The largest absolute Gasteiger partial charge is 0.467 e. The van der Waals surface area contributed by atoms with Crippen molar-refractivity contribution in [2.75, 3.05) is 0 Å². The fraction of sp³-hybridized carbons (Fsp3) is 0.130. The Morgan fingerprint density at radius 2 is 1.89 bits per heavy atom. The Labute approximate surface area is 171 Å². The monoisotopic (exact) mass is 434 g/mol. The van der Waals surface area contributed by atoms with Gasteiger partial charge in [-0.25, -0.2) is 4.98 Å². The first-order valence-corrected chi connectivity index (χ1v) is 9.80. The molecular weight excluding hydrogens is 416 g/mol.